The van der Waals surface area contributed by atoms with E-state index in [2.05, 4.69) is 16.4 Å². The number of carbonyl (C=O) groups excluding carboxylic acids is 1. The molecule has 23 heavy (non-hydrogen) atoms. The van der Waals surface area contributed by atoms with Crippen molar-refractivity contribution in [3.63, 3.8) is 0 Å². The Morgan fingerprint density at radius 2 is 2.09 bits per heavy atom. The normalized spacial score (nSPS) is 10.9. The molecule has 0 saturated heterocycles. The number of hydrogen-bond donors (Lipinski definition) is 1. The number of ether oxygens (including phenoxy) is 2. The molecule has 6 heteroatoms. The minimum atomic E-state index is -0.545. The fourth-order valence-corrected chi connectivity index (χ4v) is 2.08. The summed E-state index contributed by atoms with van der Waals surface area (Å²) in [7, 11) is 1.56. The third kappa shape index (κ3) is 4.33. The maximum Gasteiger partial charge on any atom is 0.407 e. The number of methoxy groups -OCH3 is 1. The van der Waals surface area contributed by atoms with Gasteiger partial charge in [0.15, 0.2) is 0 Å². The van der Waals surface area contributed by atoms with Gasteiger partial charge in [0, 0.05) is 18.1 Å². The number of carbonyl (C=O) groups is 1. The van der Waals surface area contributed by atoms with E-state index in [4.69, 9.17) is 14.7 Å². The maximum absolute atomic E-state index is 11.7. The van der Waals surface area contributed by atoms with Crippen LogP contribution in [0.25, 0.3) is 10.9 Å². The number of benzene rings is 1. The van der Waals surface area contributed by atoms with Crippen molar-refractivity contribution in [1.29, 1.82) is 5.26 Å². The first-order valence-electron chi connectivity index (χ1n) is 7.16. The van der Waals surface area contributed by atoms with E-state index in [-0.39, 0.29) is 6.54 Å². The Balaban J connectivity index is 2.24. The van der Waals surface area contributed by atoms with Crippen LogP contribution in [0.2, 0.25) is 0 Å². The van der Waals surface area contributed by atoms with Crippen LogP contribution in [0.3, 0.4) is 0 Å². The van der Waals surface area contributed by atoms with E-state index < -0.39 is 11.7 Å². The first-order valence-corrected chi connectivity index (χ1v) is 7.16. The molecule has 0 radical (unpaired) electrons. The number of nitriles is 1. The van der Waals surface area contributed by atoms with E-state index in [0.717, 1.165) is 10.9 Å². The summed E-state index contributed by atoms with van der Waals surface area (Å²) in [5.74, 6) is 0.591. The average Bonchev–Trinajstić information content (AvgIpc) is 2.49. The molecule has 0 unspecified atom stereocenters. The number of rotatable bonds is 3. The molecule has 0 fully saturated rings. The Bertz CT molecular complexity index is 773. The first-order chi connectivity index (χ1) is 10.8. The summed E-state index contributed by atoms with van der Waals surface area (Å²) in [6, 6.07) is 7.47. The maximum atomic E-state index is 11.7. The van der Waals surface area contributed by atoms with Crippen LogP contribution < -0.4 is 10.1 Å². The number of nitrogens with one attached hydrogen (secondary N) is 1. The molecule has 0 saturated carbocycles. The SMILES string of the molecule is COc1cc(CNC(=O)OC(C)(C)C)cc2cc(C#N)cnc12. The summed E-state index contributed by atoms with van der Waals surface area (Å²) in [6.07, 6.45) is 1.02. The highest BCUT2D eigenvalue weighted by Gasteiger charge is 2.16. The van der Waals surface area contributed by atoms with Gasteiger partial charge in [0.1, 0.15) is 22.9 Å². The number of amides is 1. The Labute approximate surface area is 135 Å². The number of nitrogens with zero attached hydrogens (tertiary/aromatic N) is 2. The van der Waals surface area contributed by atoms with Crippen LogP contribution in [0.4, 0.5) is 4.79 Å². The van der Waals surface area contributed by atoms with Gasteiger partial charge in [-0.25, -0.2) is 4.79 Å². The Hall–Kier alpha value is -2.81. The second kappa shape index (κ2) is 6.53. The Kier molecular flexibility index (Phi) is 4.70. The van der Waals surface area contributed by atoms with E-state index in [0.29, 0.717) is 16.8 Å². The van der Waals surface area contributed by atoms with Crippen molar-refractivity contribution < 1.29 is 14.3 Å². The second-order valence-corrected chi connectivity index (χ2v) is 6.06. The standard InChI is InChI=1S/C17H19N3O3/c1-17(2,3)23-16(21)20-9-11-5-13-6-12(8-18)10-19-15(13)14(7-11)22-4/h5-7,10H,9H2,1-4H3,(H,20,21). The highest BCUT2D eigenvalue weighted by molar-refractivity contribution is 5.86. The van der Waals surface area contributed by atoms with Crippen molar-refractivity contribution in [2.75, 3.05) is 7.11 Å². The van der Waals surface area contributed by atoms with Crippen LogP contribution in [0.1, 0.15) is 31.9 Å². The fourth-order valence-electron chi connectivity index (χ4n) is 2.08. The molecule has 1 aromatic carbocycles. The molecular formula is C17H19N3O3. The van der Waals surface area contributed by atoms with Crippen molar-refractivity contribution in [1.82, 2.24) is 10.3 Å². The van der Waals surface area contributed by atoms with Crippen molar-refractivity contribution in [2.45, 2.75) is 32.9 Å². The largest absolute Gasteiger partial charge is 0.494 e. The van der Waals surface area contributed by atoms with E-state index in [1.165, 1.54) is 6.20 Å². The quantitative estimate of drug-likeness (QED) is 0.941. The molecule has 2 rings (SSSR count). The first kappa shape index (κ1) is 16.6. The number of pyridine rings is 1. The van der Waals surface area contributed by atoms with Crippen LogP contribution >= 0.6 is 0 Å². The zero-order valence-corrected chi connectivity index (χ0v) is 13.6. The van der Waals surface area contributed by atoms with E-state index in [1.807, 2.05) is 6.07 Å². The van der Waals surface area contributed by atoms with Gasteiger partial charge in [0.05, 0.1) is 12.7 Å². The smallest absolute Gasteiger partial charge is 0.407 e. The third-order valence-electron chi connectivity index (χ3n) is 2.99. The van der Waals surface area contributed by atoms with Crippen molar-refractivity contribution in [3.8, 4) is 11.8 Å². The molecule has 0 aliphatic heterocycles. The Morgan fingerprint density at radius 3 is 2.70 bits per heavy atom. The lowest BCUT2D eigenvalue weighted by molar-refractivity contribution is 0.0523. The summed E-state index contributed by atoms with van der Waals surface area (Å²) >= 11 is 0. The van der Waals surface area contributed by atoms with Gasteiger partial charge >= 0.3 is 6.09 Å². The highest BCUT2D eigenvalue weighted by Crippen LogP contribution is 2.26. The topological polar surface area (TPSA) is 84.2 Å². The molecule has 1 amide bonds. The molecule has 120 valence electrons. The molecule has 1 heterocycles. The highest BCUT2D eigenvalue weighted by atomic mass is 16.6. The van der Waals surface area contributed by atoms with Crippen molar-refractivity contribution in [3.05, 3.63) is 35.5 Å². The molecular weight excluding hydrogens is 294 g/mol. The molecule has 0 bridgehead atoms. The summed E-state index contributed by atoms with van der Waals surface area (Å²) in [5.41, 5.74) is 1.43. The summed E-state index contributed by atoms with van der Waals surface area (Å²) in [5, 5.41) is 12.5. The number of hydrogen-bond acceptors (Lipinski definition) is 5. The van der Waals surface area contributed by atoms with E-state index in [1.54, 1.807) is 40.0 Å². The van der Waals surface area contributed by atoms with Crippen LogP contribution in [0, 0.1) is 11.3 Å². The van der Waals surface area contributed by atoms with Gasteiger partial charge in [-0.05, 0) is 44.5 Å². The minimum Gasteiger partial charge on any atom is -0.494 e. The number of aromatic nitrogens is 1. The van der Waals surface area contributed by atoms with Crippen LogP contribution in [0.15, 0.2) is 24.4 Å². The zero-order valence-electron chi connectivity index (χ0n) is 13.6. The number of fused-ring (bicyclic) bond motifs is 1. The molecule has 0 spiro atoms. The summed E-state index contributed by atoms with van der Waals surface area (Å²) in [6.45, 7) is 5.71. The average molecular weight is 313 g/mol. The molecule has 0 atom stereocenters. The van der Waals surface area contributed by atoms with Gasteiger partial charge < -0.3 is 14.8 Å². The lowest BCUT2D eigenvalue weighted by atomic mass is 10.1. The number of alkyl carbamates (subject to hydrolysis) is 1. The molecule has 1 aromatic heterocycles. The van der Waals surface area contributed by atoms with E-state index >= 15 is 0 Å². The van der Waals surface area contributed by atoms with Crippen LogP contribution in [0.5, 0.6) is 5.75 Å². The Morgan fingerprint density at radius 1 is 1.35 bits per heavy atom. The van der Waals surface area contributed by atoms with Gasteiger partial charge in [-0.3, -0.25) is 4.98 Å². The molecule has 2 aromatic rings. The lowest BCUT2D eigenvalue weighted by Crippen LogP contribution is -2.32. The predicted octanol–water partition coefficient (Wildman–Crippen LogP) is 3.14. The lowest BCUT2D eigenvalue weighted by Gasteiger charge is -2.19. The third-order valence-corrected chi connectivity index (χ3v) is 2.99. The molecule has 0 aliphatic rings. The molecule has 0 aliphatic carbocycles. The van der Waals surface area contributed by atoms with Gasteiger partial charge in [0.2, 0.25) is 0 Å². The van der Waals surface area contributed by atoms with Gasteiger partial charge in [0.25, 0.3) is 0 Å². The predicted molar refractivity (Wildman–Crippen MR) is 86.1 cm³/mol. The fraction of sp³-hybridized carbons (Fsp3) is 0.353. The monoisotopic (exact) mass is 313 g/mol. The minimum absolute atomic E-state index is 0.290. The summed E-state index contributed by atoms with van der Waals surface area (Å²) in [4.78, 5) is 16.0. The van der Waals surface area contributed by atoms with Crippen molar-refractivity contribution >= 4 is 17.0 Å². The van der Waals surface area contributed by atoms with Gasteiger partial charge in [-0.1, -0.05) is 0 Å². The summed E-state index contributed by atoms with van der Waals surface area (Å²) < 4.78 is 10.5. The van der Waals surface area contributed by atoms with Crippen molar-refractivity contribution in [2.24, 2.45) is 0 Å². The van der Waals surface area contributed by atoms with Crippen LogP contribution in [-0.2, 0) is 11.3 Å². The second-order valence-electron chi connectivity index (χ2n) is 6.06. The van der Waals surface area contributed by atoms with Crippen LogP contribution in [-0.4, -0.2) is 23.8 Å². The van der Waals surface area contributed by atoms with Gasteiger partial charge in [-0.2, -0.15) is 5.26 Å². The van der Waals surface area contributed by atoms with E-state index in [9.17, 15) is 4.79 Å². The van der Waals surface area contributed by atoms with Gasteiger partial charge in [-0.15, -0.1) is 0 Å². The zero-order chi connectivity index (χ0) is 17.0. The molecule has 6 nitrogen and oxygen atoms in total. The molecule has 1 N–H and O–H groups in total.